The third-order valence-electron chi connectivity index (χ3n) is 4.51. The molecule has 0 aliphatic carbocycles. The molecule has 1 amide bonds. The molecule has 0 bridgehead atoms. The summed E-state index contributed by atoms with van der Waals surface area (Å²) in [7, 11) is 3.46. The van der Waals surface area contributed by atoms with E-state index in [1.165, 1.54) is 4.80 Å². The number of methoxy groups -OCH3 is 1. The minimum atomic E-state index is -0.0954. The highest BCUT2D eigenvalue weighted by atomic mass is 16.5. The SMILES string of the molecule is COCCOc1ccc(-n2nc(C)c(C(=O)N(C)[C@@H]3CCNC3)n2)cc1. The van der Waals surface area contributed by atoms with Crippen LogP contribution in [0.2, 0.25) is 0 Å². The second-order valence-electron chi connectivity index (χ2n) is 6.32. The number of aromatic nitrogens is 3. The first-order valence-corrected chi connectivity index (χ1v) is 8.74. The predicted octanol–water partition coefficient (Wildman–Crippen LogP) is 1.03. The lowest BCUT2D eigenvalue weighted by atomic mass is 10.2. The highest BCUT2D eigenvalue weighted by Crippen LogP contribution is 2.17. The van der Waals surface area contributed by atoms with Gasteiger partial charge in [-0.3, -0.25) is 4.79 Å². The van der Waals surface area contributed by atoms with E-state index in [4.69, 9.17) is 9.47 Å². The molecule has 8 nitrogen and oxygen atoms in total. The summed E-state index contributed by atoms with van der Waals surface area (Å²) in [6.07, 6.45) is 0.958. The van der Waals surface area contributed by atoms with Crippen LogP contribution in [0.5, 0.6) is 5.75 Å². The lowest BCUT2D eigenvalue weighted by Crippen LogP contribution is -2.38. The maximum absolute atomic E-state index is 12.7. The van der Waals surface area contributed by atoms with Crippen molar-refractivity contribution in [3.8, 4) is 11.4 Å². The molecule has 1 aliphatic rings. The molecule has 26 heavy (non-hydrogen) atoms. The Bertz CT molecular complexity index is 738. The Kier molecular flexibility index (Phi) is 5.85. The van der Waals surface area contributed by atoms with Crippen molar-refractivity contribution in [3.63, 3.8) is 0 Å². The Hall–Kier alpha value is -2.45. The summed E-state index contributed by atoms with van der Waals surface area (Å²) in [5, 5.41) is 12.1. The van der Waals surface area contributed by atoms with Crippen molar-refractivity contribution in [3.05, 3.63) is 35.7 Å². The fourth-order valence-corrected chi connectivity index (χ4v) is 2.91. The largest absolute Gasteiger partial charge is 0.491 e. The normalized spacial score (nSPS) is 16.7. The van der Waals surface area contributed by atoms with Gasteiger partial charge in [0.25, 0.3) is 5.91 Å². The van der Waals surface area contributed by atoms with Gasteiger partial charge in [-0.1, -0.05) is 0 Å². The molecule has 1 saturated heterocycles. The lowest BCUT2D eigenvalue weighted by Gasteiger charge is -2.22. The van der Waals surface area contributed by atoms with Crippen LogP contribution in [0.1, 0.15) is 22.6 Å². The van der Waals surface area contributed by atoms with Crippen LogP contribution in [-0.4, -0.2) is 72.3 Å². The molecule has 1 N–H and O–H groups in total. The van der Waals surface area contributed by atoms with E-state index in [1.807, 2.05) is 31.3 Å². The first-order valence-electron chi connectivity index (χ1n) is 8.74. The second kappa shape index (κ2) is 8.29. The zero-order chi connectivity index (χ0) is 18.5. The number of carbonyl (C=O) groups excluding carboxylic acids is 1. The van der Waals surface area contributed by atoms with Crippen LogP contribution < -0.4 is 10.1 Å². The maximum Gasteiger partial charge on any atom is 0.276 e. The molecule has 1 aliphatic heterocycles. The van der Waals surface area contributed by atoms with Crippen molar-refractivity contribution in [1.29, 1.82) is 0 Å². The Balaban J connectivity index is 1.72. The van der Waals surface area contributed by atoms with Gasteiger partial charge in [0.1, 0.15) is 12.4 Å². The van der Waals surface area contributed by atoms with Gasteiger partial charge in [0.15, 0.2) is 5.69 Å². The van der Waals surface area contributed by atoms with Crippen molar-refractivity contribution in [2.24, 2.45) is 0 Å². The minimum Gasteiger partial charge on any atom is -0.491 e. The van der Waals surface area contributed by atoms with Gasteiger partial charge in [0.05, 0.1) is 18.0 Å². The highest BCUT2D eigenvalue weighted by molar-refractivity contribution is 5.93. The summed E-state index contributed by atoms with van der Waals surface area (Å²) < 4.78 is 10.5. The van der Waals surface area contributed by atoms with E-state index in [0.29, 0.717) is 24.6 Å². The fourth-order valence-electron chi connectivity index (χ4n) is 2.91. The van der Waals surface area contributed by atoms with Crippen LogP contribution in [0.15, 0.2) is 24.3 Å². The van der Waals surface area contributed by atoms with Crippen molar-refractivity contribution in [2.45, 2.75) is 19.4 Å². The number of nitrogens with one attached hydrogen (secondary N) is 1. The summed E-state index contributed by atoms with van der Waals surface area (Å²) in [5.41, 5.74) is 1.78. The number of nitrogens with zero attached hydrogens (tertiary/aromatic N) is 4. The smallest absolute Gasteiger partial charge is 0.276 e. The number of hydrogen-bond donors (Lipinski definition) is 1. The summed E-state index contributed by atoms with van der Waals surface area (Å²) >= 11 is 0. The number of hydrogen-bond acceptors (Lipinski definition) is 6. The van der Waals surface area contributed by atoms with Gasteiger partial charge in [-0.05, 0) is 44.2 Å². The van der Waals surface area contributed by atoms with Crippen LogP contribution in [0.4, 0.5) is 0 Å². The summed E-state index contributed by atoms with van der Waals surface area (Å²) in [6, 6.07) is 7.62. The third kappa shape index (κ3) is 4.03. The molecule has 1 atom stereocenters. The van der Waals surface area contributed by atoms with Crippen molar-refractivity contribution in [1.82, 2.24) is 25.2 Å². The standard InChI is InChI=1S/C18H25N5O3/c1-13-17(18(24)22(2)15-8-9-19-12-15)21-23(20-13)14-4-6-16(7-5-14)26-11-10-25-3/h4-7,15,19H,8-12H2,1-3H3/t15-/m1/s1. The van der Waals surface area contributed by atoms with E-state index >= 15 is 0 Å². The number of rotatable bonds is 7. The van der Waals surface area contributed by atoms with Gasteiger partial charge >= 0.3 is 0 Å². The number of likely N-dealkylation sites (N-methyl/N-ethyl adjacent to an activating group) is 1. The maximum atomic E-state index is 12.7. The van der Waals surface area contributed by atoms with Gasteiger partial charge in [-0.25, -0.2) is 0 Å². The molecule has 140 valence electrons. The Morgan fingerprint density at radius 1 is 1.31 bits per heavy atom. The van der Waals surface area contributed by atoms with Crippen LogP contribution in [-0.2, 0) is 4.74 Å². The lowest BCUT2D eigenvalue weighted by molar-refractivity contribution is 0.0736. The van der Waals surface area contributed by atoms with Gasteiger partial charge in [-0.15, -0.1) is 5.10 Å². The van der Waals surface area contributed by atoms with Crippen molar-refractivity contribution >= 4 is 5.91 Å². The first-order chi connectivity index (χ1) is 12.6. The molecule has 0 unspecified atom stereocenters. The molecule has 1 aromatic heterocycles. The van der Waals surface area contributed by atoms with E-state index < -0.39 is 0 Å². The number of ether oxygens (including phenoxy) is 2. The fraction of sp³-hybridized carbons (Fsp3) is 0.500. The van der Waals surface area contributed by atoms with Gasteiger partial charge < -0.3 is 19.7 Å². The van der Waals surface area contributed by atoms with Crippen LogP contribution >= 0.6 is 0 Å². The van der Waals surface area contributed by atoms with E-state index in [0.717, 1.165) is 30.9 Å². The molecule has 2 aromatic rings. The first kappa shape index (κ1) is 18.3. The molecular weight excluding hydrogens is 334 g/mol. The van der Waals surface area contributed by atoms with Crippen molar-refractivity contribution in [2.75, 3.05) is 40.5 Å². The quantitative estimate of drug-likeness (QED) is 0.744. The van der Waals surface area contributed by atoms with Crippen LogP contribution in [0.3, 0.4) is 0 Å². The molecule has 1 fully saturated rings. The van der Waals surface area contributed by atoms with E-state index in [2.05, 4.69) is 15.5 Å². The Labute approximate surface area is 153 Å². The van der Waals surface area contributed by atoms with E-state index in [-0.39, 0.29) is 11.9 Å². The van der Waals surface area contributed by atoms with E-state index in [9.17, 15) is 4.79 Å². The summed E-state index contributed by atoms with van der Waals surface area (Å²) in [6.45, 7) is 4.60. The molecule has 8 heteroatoms. The average Bonchev–Trinajstić information content (AvgIpc) is 3.31. The molecule has 3 rings (SSSR count). The topological polar surface area (TPSA) is 81.5 Å². The number of aryl methyl sites for hydroxylation is 1. The second-order valence-corrected chi connectivity index (χ2v) is 6.32. The minimum absolute atomic E-state index is 0.0954. The average molecular weight is 359 g/mol. The molecule has 0 spiro atoms. The molecule has 1 aromatic carbocycles. The van der Waals surface area contributed by atoms with Gasteiger partial charge in [-0.2, -0.15) is 9.90 Å². The molecule has 0 radical (unpaired) electrons. The Morgan fingerprint density at radius 2 is 2.08 bits per heavy atom. The Morgan fingerprint density at radius 3 is 2.73 bits per heavy atom. The number of benzene rings is 1. The van der Waals surface area contributed by atoms with Crippen LogP contribution in [0.25, 0.3) is 5.69 Å². The zero-order valence-corrected chi connectivity index (χ0v) is 15.4. The van der Waals surface area contributed by atoms with E-state index in [1.54, 1.807) is 18.9 Å². The molecule has 2 heterocycles. The number of amides is 1. The summed E-state index contributed by atoms with van der Waals surface area (Å²) in [4.78, 5) is 16.0. The van der Waals surface area contributed by atoms with Crippen molar-refractivity contribution < 1.29 is 14.3 Å². The van der Waals surface area contributed by atoms with Gasteiger partial charge in [0, 0.05) is 26.7 Å². The monoisotopic (exact) mass is 359 g/mol. The predicted molar refractivity (Wildman–Crippen MR) is 96.8 cm³/mol. The number of carbonyl (C=O) groups is 1. The van der Waals surface area contributed by atoms with Crippen LogP contribution in [0, 0.1) is 6.92 Å². The molecule has 0 saturated carbocycles. The van der Waals surface area contributed by atoms with Gasteiger partial charge in [0.2, 0.25) is 0 Å². The zero-order valence-electron chi connectivity index (χ0n) is 15.4. The molecular formula is C18H25N5O3. The summed E-state index contributed by atoms with van der Waals surface area (Å²) in [5.74, 6) is 0.654. The third-order valence-corrected chi connectivity index (χ3v) is 4.51. The highest BCUT2D eigenvalue weighted by Gasteiger charge is 2.27.